The van der Waals surface area contributed by atoms with Crippen LogP contribution in [-0.2, 0) is 9.59 Å². The summed E-state index contributed by atoms with van der Waals surface area (Å²) in [7, 11) is 6.29. The minimum Gasteiger partial charge on any atom is -0.322 e. The summed E-state index contributed by atoms with van der Waals surface area (Å²) in [4.78, 5) is 25.9. The first-order valence-corrected chi connectivity index (χ1v) is 5.76. The van der Waals surface area contributed by atoms with Crippen molar-refractivity contribution in [1.29, 1.82) is 0 Å². The molecule has 3 aliphatic rings. The zero-order valence-corrected chi connectivity index (χ0v) is 8.32. The van der Waals surface area contributed by atoms with Gasteiger partial charge in [0.1, 0.15) is 0 Å². The van der Waals surface area contributed by atoms with Crippen LogP contribution in [0.3, 0.4) is 0 Å². The van der Waals surface area contributed by atoms with E-state index in [0.29, 0.717) is 0 Å². The summed E-state index contributed by atoms with van der Waals surface area (Å²) in [5.74, 6) is 0.0664. The van der Waals surface area contributed by atoms with Gasteiger partial charge in [-0.25, -0.2) is 0 Å². The summed E-state index contributed by atoms with van der Waals surface area (Å²) in [6.07, 6.45) is 0. The van der Waals surface area contributed by atoms with Crippen molar-refractivity contribution in [2.75, 3.05) is 14.1 Å². The van der Waals surface area contributed by atoms with Gasteiger partial charge in [-0.15, -0.1) is 0 Å². The molecule has 3 aliphatic heterocycles. The van der Waals surface area contributed by atoms with Crippen molar-refractivity contribution in [1.82, 2.24) is 9.80 Å². The number of nitrogens with zero attached hydrogens (tertiary/aromatic N) is 2. The molecule has 0 aliphatic carbocycles. The molecule has 4 nitrogen and oxygen atoms in total. The third-order valence-electron chi connectivity index (χ3n) is 2.06. The second-order valence-electron chi connectivity index (χ2n) is 2.80. The highest BCUT2D eigenvalue weighted by Gasteiger charge is 2.48. The Morgan fingerprint density at radius 1 is 1.00 bits per heavy atom. The fraction of sp³-hybridized carbons (Fsp3) is 0.667. The molecular formula is C6H8N2O2S2. The molecule has 0 N–H and O–H groups in total. The molecule has 3 heterocycles. The van der Waals surface area contributed by atoms with Gasteiger partial charge in [0, 0.05) is 14.1 Å². The first-order valence-electron chi connectivity index (χ1n) is 3.48. The lowest BCUT2D eigenvalue weighted by Crippen LogP contribution is -2.62. The Morgan fingerprint density at radius 3 is 1.67 bits per heavy atom. The van der Waals surface area contributed by atoms with Crippen LogP contribution in [0.2, 0.25) is 0 Å². The first kappa shape index (κ1) is 8.25. The molecule has 0 aromatic heterocycles. The van der Waals surface area contributed by atoms with Crippen LogP contribution in [0.25, 0.3) is 0 Å². The van der Waals surface area contributed by atoms with Crippen LogP contribution in [0.15, 0.2) is 0 Å². The summed E-state index contributed by atoms with van der Waals surface area (Å²) in [5.41, 5.74) is 0. The standard InChI is InChI=1S/C6H8N2O2S2/c1-7-3(9)6-8(2)4(10)5(7)11-12-6/h5-6H,1-2H3/t5-,6-/m1/s1. The summed E-state index contributed by atoms with van der Waals surface area (Å²) >= 11 is 0. The molecule has 0 spiro atoms. The second-order valence-corrected chi connectivity index (χ2v) is 5.23. The fourth-order valence-electron chi connectivity index (χ4n) is 1.23. The van der Waals surface area contributed by atoms with Crippen molar-refractivity contribution in [2.45, 2.75) is 10.7 Å². The van der Waals surface area contributed by atoms with Crippen molar-refractivity contribution in [3.63, 3.8) is 0 Å². The average Bonchev–Trinajstić information content (AvgIpc) is 2.05. The molecule has 0 aromatic rings. The molecule has 2 amide bonds. The lowest BCUT2D eigenvalue weighted by molar-refractivity contribution is -0.150. The van der Waals surface area contributed by atoms with Gasteiger partial charge in [0.25, 0.3) is 11.8 Å². The van der Waals surface area contributed by atoms with Crippen molar-refractivity contribution in [2.24, 2.45) is 0 Å². The van der Waals surface area contributed by atoms with Crippen molar-refractivity contribution in [3.05, 3.63) is 0 Å². The molecule has 3 saturated heterocycles. The van der Waals surface area contributed by atoms with Gasteiger partial charge in [-0.1, -0.05) is 21.6 Å². The van der Waals surface area contributed by atoms with Crippen LogP contribution in [0, 0.1) is 0 Å². The van der Waals surface area contributed by atoms with E-state index in [1.165, 1.54) is 31.4 Å². The predicted molar refractivity (Wildman–Crippen MR) is 48.3 cm³/mol. The van der Waals surface area contributed by atoms with Crippen molar-refractivity contribution in [3.8, 4) is 0 Å². The molecule has 3 rings (SSSR count). The Hall–Kier alpha value is -0.360. The van der Waals surface area contributed by atoms with Gasteiger partial charge in [-0.3, -0.25) is 9.59 Å². The van der Waals surface area contributed by atoms with Crippen LogP contribution in [0.4, 0.5) is 0 Å². The van der Waals surface area contributed by atoms with Gasteiger partial charge in [-0.05, 0) is 0 Å². The third kappa shape index (κ3) is 0.877. The maximum atomic E-state index is 11.4. The zero-order valence-electron chi connectivity index (χ0n) is 6.68. The summed E-state index contributed by atoms with van der Waals surface area (Å²) in [6.45, 7) is 0. The minimum atomic E-state index is -0.308. The number of piperazine rings is 1. The van der Waals surface area contributed by atoms with E-state index in [2.05, 4.69) is 0 Å². The lowest BCUT2D eigenvalue weighted by Gasteiger charge is -2.45. The van der Waals surface area contributed by atoms with E-state index in [-0.39, 0.29) is 22.6 Å². The molecule has 12 heavy (non-hydrogen) atoms. The third-order valence-corrected chi connectivity index (χ3v) is 5.00. The largest absolute Gasteiger partial charge is 0.322 e. The SMILES string of the molecule is CN1C(=O)[C@H]2SS[C@@H]1C(=O)N2C. The highest BCUT2D eigenvalue weighted by molar-refractivity contribution is 8.77. The van der Waals surface area contributed by atoms with E-state index >= 15 is 0 Å². The number of carbonyl (C=O) groups excluding carboxylic acids is 2. The maximum absolute atomic E-state index is 11.4. The Balaban J connectivity index is 2.35. The summed E-state index contributed by atoms with van der Waals surface area (Å²) in [6, 6.07) is 0. The van der Waals surface area contributed by atoms with Crippen LogP contribution in [0.1, 0.15) is 0 Å². The molecule has 6 heteroatoms. The van der Waals surface area contributed by atoms with Crippen LogP contribution in [-0.4, -0.2) is 46.5 Å². The Bertz CT molecular complexity index is 232. The van der Waals surface area contributed by atoms with Crippen molar-refractivity contribution >= 4 is 33.4 Å². The summed E-state index contributed by atoms with van der Waals surface area (Å²) < 4.78 is 0. The zero-order chi connectivity index (χ0) is 8.88. The van der Waals surface area contributed by atoms with Crippen LogP contribution in [0.5, 0.6) is 0 Å². The number of rotatable bonds is 0. The summed E-state index contributed by atoms with van der Waals surface area (Å²) in [5, 5.41) is -0.616. The van der Waals surface area contributed by atoms with Crippen molar-refractivity contribution < 1.29 is 9.59 Å². The van der Waals surface area contributed by atoms with E-state index in [4.69, 9.17) is 0 Å². The van der Waals surface area contributed by atoms with E-state index in [1.54, 1.807) is 14.1 Å². The topological polar surface area (TPSA) is 40.6 Å². The molecule has 0 radical (unpaired) electrons. The monoisotopic (exact) mass is 204 g/mol. The number of carbonyl (C=O) groups is 2. The molecule has 2 bridgehead atoms. The minimum absolute atomic E-state index is 0.0332. The van der Waals surface area contributed by atoms with Gasteiger partial charge in [-0.2, -0.15) is 0 Å². The van der Waals surface area contributed by atoms with Gasteiger partial charge in [0.15, 0.2) is 10.7 Å². The predicted octanol–water partition coefficient (Wildman–Crippen LogP) is -0.0360. The van der Waals surface area contributed by atoms with Crippen LogP contribution < -0.4 is 0 Å². The molecule has 0 aromatic carbocycles. The highest BCUT2D eigenvalue weighted by Crippen LogP contribution is 2.44. The number of hydrogen-bond donors (Lipinski definition) is 0. The molecule has 66 valence electrons. The van der Waals surface area contributed by atoms with Gasteiger partial charge < -0.3 is 9.80 Å². The molecule has 0 unspecified atom stereocenters. The number of likely N-dealkylation sites (N-methyl/N-ethyl adjacent to an activating group) is 2. The molecule has 2 atom stereocenters. The quantitative estimate of drug-likeness (QED) is 0.519. The normalized spacial score (nSPS) is 34.8. The fourth-order valence-corrected chi connectivity index (χ4v) is 4.30. The van der Waals surface area contributed by atoms with Gasteiger partial charge >= 0.3 is 0 Å². The highest BCUT2D eigenvalue weighted by atomic mass is 33.1. The lowest BCUT2D eigenvalue weighted by atomic mass is 10.3. The molecule has 3 fully saturated rings. The van der Waals surface area contributed by atoms with E-state index in [9.17, 15) is 9.59 Å². The van der Waals surface area contributed by atoms with Crippen LogP contribution >= 0.6 is 21.6 Å². The first-order chi connectivity index (χ1) is 5.63. The molecular weight excluding hydrogens is 196 g/mol. The Kier molecular flexibility index (Phi) is 1.76. The van der Waals surface area contributed by atoms with Gasteiger partial charge in [0.2, 0.25) is 0 Å². The Morgan fingerprint density at radius 2 is 1.33 bits per heavy atom. The van der Waals surface area contributed by atoms with E-state index in [1.807, 2.05) is 0 Å². The Labute approximate surface area is 78.0 Å². The van der Waals surface area contributed by atoms with E-state index in [0.717, 1.165) is 0 Å². The average molecular weight is 204 g/mol. The number of amides is 2. The number of fused-ring (bicyclic) bond motifs is 3. The van der Waals surface area contributed by atoms with Gasteiger partial charge in [0.05, 0.1) is 0 Å². The maximum Gasteiger partial charge on any atom is 0.257 e. The molecule has 0 saturated carbocycles. The smallest absolute Gasteiger partial charge is 0.257 e. The number of hydrogen-bond acceptors (Lipinski definition) is 4. The second kappa shape index (κ2) is 2.56. The van der Waals surface area contributed by atoms with E-state index < -0.39 is 0 Å².